The molecule has 0 fully saturated rings. The number of nitro benzene ring substituents is 1. The Morgan fingerprint density at radius 1 is 1.38 bits per heavy atom. The number of amides is 1. The van der Waals surface area contributed by atoms with Gasteiger partial charge in [-0.05, 0) is 18.2 Å². The average molecular weight is 346 g/mol. The molecule has 24 heavy (non-hydrogen) atoms. The van der Waals surface area contributed by atoms with Crippen molar-refractivity contribution in [1.82, 2.24) is 4.90 Å². The number of benzene rings is 1. The summed E-state index contributed by atoms with van der Waals surface area (Å²) in [6, 6.07) is 9.02. The predicted octanol–water partition coefficient (Wildman–Crippen LogP) is 3.50. The molecule has 0 atom stereocenters. The Morgan fingerprint density at radius 3 is 2.62 bits per heavy atom. The standard InChI is InChI=1S/C16H12ClN3O4/c1-19(2)16(21)10(9-18)7-12-4-6-15(24-12)13-5-3-11(20(22)23)8-14(13)17/h3-8H,1-2H3/b10-7-. The molecule has 1 aromatic carbocycles. The molecule has 0 radical (unpaired) electrons. The molecule has 0 spiro atoms. The van der Waals surface area contributed by atoms with Crippen molar-refractivity contribution in [3.8, 4) is 17.4 Å². The summed E-state index contributed by atoms with van der Waals surface area (Å²) in [5.74, 6) is 0.228. The van der Waals surface area contributed by atoms with E-state index in [0.717, 1.165) is 0 Å². The largest absolute Gasteiger partial charge is 0.457 e. The minimum Gasteiger partial charge on any atom is -0.457 e. The van der Waals surface area contributed by atoms with Crippen LogP contribution in [0.3, 0.4) is 0 Å². The van der Waals surface area contributed by atoms with Gasteiger partial charge in [0.2, 0.25) is 0 Å². The molecular weight excluding hydrogens is 334 g/mol. The summed E-state index contributed by atoms with van der Waals surface area (Å²) in [4.78, 5) is 23.3. The molecule has 2 aromatic rings. The normalized spacial score (nSPS) is 11.0. The summed E-state index contributed by atoms with van der Waals surface area (Å²) in [7, 11) is 3.08. The lowest BCUT2D eigenvalue weighted by Gasteiger charge is -2.07. The number of halogens is 1. The molecule has 0 N–H and O–H groups in total. The van der Waals surface area contributed by atoms with E-state index in [2.05, 4.69) is 0 Å². The Morgan fingerprint density at radius 2 is 2.08 bits per heavy atom. The highest BCUT2D eigenvalue weighted by atomic mass is 35.5. The molecule has 122 valence electrons. The first kappa shape index (κ1) is 17.2. The number of carbonyl (C=O) groups is 1. The van der Waals surface area contributed by atoms with E-state index in [1.165, 1.54) is 43.3 Å². The number of carbonyl (C=O) groups excluding carboxylic acids is 1. The number of nitriles is 1. The van der Waals surface area contributed by atoms with Crippen LogP contribution in [0.1, 0.15) is 5.76 Å². The number of furan rings is 1. The summed E-state index contributed by atoms with van der Waals surface area (Å²) < 4.78 is 5.56. The SMILES string of the molecule is CN(C)C(=O)/C(C#N)=C\c1ccc(-c2ccc([N+](=O)[O-])cc2Cl)o1. The van der Waals surface area contributed by atoms with E-state index in [-0.39, 0.29) is 16.3 Å². The molecule has 1 aromatic heterocycles. The maximum atomic E-state index is 11.8. The summed E-state index contributed by atoms with van der Waals surface area (Å²) in [6.07, 6.45) is 1.32. The average Bonchev–Trinajstić information content (AvgIpc) is 2.99. The first-order chi connectivity index (χ1) is 11.3. The fraction of sp³-hybridized carbons (Fsp3) is 0.125. The molecular formula is C16H12ClN3O4. The van der Waals surface area contributed by atoms with Gasteiger partial charge in [-0.15, -0.1) is 0 Å². The maximum Gasteiger partial charge on any atom is 0.270 e. The van der Waals surface area contributed by atoms with Gasteiger partial charge in [-0.1, -0.05) is 11.6 Å². The molecule has 2 rings (SSSR count). The lowest BCUT2D eigenvalue weighted by Crippen LogP contribution is -2.22. The Bertz CT molecular complexity index is 878. The summed E-state index contributed by atoms with van der Waals surface area (Å²) >= 11 is 6.05. The lowest BCUT2D eigenvalue weighted by molar-refractivity contribution is -0.384. The monoisotopic (exact) mass is 345 g/mol. The van der Waals surface area contributed by atoms with Crippen molar-refractivity contribution in [3.05, 3.63) is 56.8 Å². The molecule has 0 bridgehead atoms. The van der Waals surface area contributed by atoms with Crippen molar-refractivity contribution in [2.75, 3.05) is 14.1 Å². The minimum absolute atomic E-state index is 0.0734. The van der Waals surface area contributed by atoms with E-state index < -0.39 is 10.8 Å². The molecule has 0 saturated heterocycles. The van der Waals surface area contributed by atoms with Gasteiger partial charge in [0.05, 0.1) is 9.95 Å². The van der Waals surface area contributed by atoms with Crippen LogP contribution >= 0.6 is 11.6 Å². The van der Waals surface area contributed by atoms with Gasteiger partial charge in [-0.2, -0.15) is 5.26 Å². The lowest BCUT2D eigenvalue weighted by atomic mass is 10.1. The van der Waals surface area contributed by atoms with E-state index in [0.29, 0.717) is 17.1 Å². The Balaban J connectivity index is 2.36. The van der Waals surface area contributed by atoms with E-state index >= 15 is 0 Å². The Labute approximate surface area is 142 Å². The molecule has 0 saturated carbocycles. The van der Waals surface area contributed by atoms with Crippen molar-refractivity contribution in [3.63, 3.8) is 0 Å². The van der Waals surface area contributed by atoms with Crippen LogP contribution in [0.5, 0.6) is 0 Å². The smallest absolute Gasteiger partial charge is 0.270 e. The van der Waals surface area contributed by atoms with E-state index in [1.807, 2.05) is 6.07 Å². The highest BCUT2D eigenvalue weighted by Crippen LogP contribution is 2.32. The molecule has 0 aliphatic rings. The molecule has 0 unspecified atom stereocenters. The number of nitro groups is 1. The fourth-order valence-corrected chi connectivity index (χ4v) is 2.19. The Hall–Kier alpha value is -3.11. The van der Waals surface area contributed by atoms with Gasteiger partial charge in [0.25, 0.3) is 11.6 Å². The molecule has 7 nitrogen and oxygen atoms in total. The highest BCUT2D eigenvalue weighted by molar-refractivity contribution is 6.33. The van der Waals surface area contributed by atoms with Crippen molar-refractivity contribution in [2.24, 2.45) is 0 Å². The zero-order valence-electron chi connectivity index (χ0n) is 12.8. The molecule has 0 aliphatic heterocycles. The van der Waals surface area contributed by atoms with Crippen LogP contribution in [0.15, 0.2) is 40.3 Å². The van der Waals surface area contributed by atoms with Crippen molar-refractivity contribution >= 4 is 29.3 Å². The second-order valence-electron chi connectivity index (χ2n) is 4.99. The van der Waals surface area contributed by atoms with Gasteiger partial charge in [-0.3, -0.25) is 14.9 Å². The van der Waals surface area contributed by atoms with Crippen LogP contribution in [-0.2, 0) is 4.79 Å². The van der Waals surface area contributed by atoms with Crippen LogP contribution < -0.4 is 0 Å². The van der Waals surface area contributed by atoms with Gasteiger partial charge in [0.1, 0.15) is 23.2 Å². The van der Waals surface area contributed by atoms with E-state index in [4.69, 9.17) is 21.3 Å². The fourth-order valence-electron chi connectivity index (χ4n) is 1.92. The number of nitrogens with zero attached hydrogens (tertiary/aromatic N) is 3. The maximum absolute atomic E-state index is 11.8. The Kier molecular flexibility index (Phi) is 5.02. The van der Waals surface area contributed by atoms with E-state index in [1.54, 1.807) is 12.1 Å². The quantitative estimate of drug-likeness (QED) is 0.365. The molecule has 8 heteroatoms. The number of rotatable bonds is 4. The zero-order valence-corrected chi connectivity index (χ0v) is 13.6. The molecule has 0 aliphatic carbocycles. The zero-order chi connectivity index (χ0) is 17.9. The van der Waals surface area contributed by atoms with Gasteiger partial charge in [0, 0.05) is 37.9 Å². The van der Waals surface area contributed by atoms with Crippen molar-refractivity contribution in [2.45, 2.75) is 0 Å². The first-order valence-corrected chi connectivity index (χ1v) is 7.09. The number of likely N-dealkylation sites (N-methyl/N-ethyl adjacent to an activating group) is 1. The minimum atomic E-state index is -0.544. The third-order valence-electron chi connectivity index (χ3n) is 3.10. The second kappa shape index (κ2) is 6.98. The first-order valence-electron chi connectivity index (χ1n) is 6.71. The summed E-state index contributed by atoms with van der Waals surface area (Å²) in [5.41, 5.74) is 0.272. The summed E-state index contributed by atoms with van der Waals surface area (Å²) in [6.45, 7) is 0. The number of hydrogen-bond acceptors (Lipinski definition) is 5. The third kappa shape index (κ3) is 3.62. The molecule has 1 heterocycles. The second-order valence-corrected chi connectivity index (χ2v) is 5.40. The molecule has 1 amide bonds. The van der Waals surface area contributed by atoms with Crippen molar-refractivity contribution < 1.29 is 14.1 Å². The van der Waals surface area contributed by atoms with Gasteiger partial charge >= 0.3 is 0 Å². The highest BCUT2D eigenvalue weighted by Gasteiger charge is 2.15. The van der Waals surface area contributed by atoms with Gasteiger partial charge < -0.3 is 9.32 Å². The third-order valence-corrected chi connectivity index (χ3v) is 3.41. The predicted molar refractivity (Wildman–Crippen MR) is 88.1 cm³/mol. The van der Waals surface area contributed by atoms with Crippen LogP contribution in [0.2, 0.25) is 5.02 Å². The van der Waals surface area contributed by atoms with Gasteiger partial charge in [0.15, 0.2) is 0 Å². The topological polar surface area (TPSA) is 100 Å². The van der Waals surface area contributed by atoms with Gasteiger partial charge in [-0.25, -0.2) is 0 Å². The summed E-state index contributed by atoms with van der Waals surface area (Å²) in [5, 5.41) is 20.0. The van der Waals surface area contributed by atoms with Crippen molar-refractivity contribution in [1.29, 1.82) is 5.26 Å². The van der Waals surface area contributed by atoms with Crippen LogP contribution in [0.4, 0.5) is 5.69 Å². The van der Waals surface area contributed by atoms with E-state index in [9.17, 15) is 14.9 Å². The van der Waals surface area contributed by atoms with Crippen LogP contribution in [0.25, 0.3) is 17.4 Å². The number of non-ortho nitro benzene ring substituents is 1. The van der Waals surface area contributed by atoms with Crippen LogP contribution in [0, 0.1) is 21.4 Å². The number of hydrogen-bond donors (Lipinski definition) is 0. The van der Waals surface area contributed by atoms with Crippen LogP contribution in [-0.4, -0.2) is 29.8 Å².